The standard InChI is InChI=1S/C18H21N3O4S/c1-9(2)21(4)17(24)11-7-13-15(14(22)8-11)26-18(19-13)20-16(23)12-5-6-25-10(12)3/h5-6,9,11H,7-8H2,1-4H3,(H,19,20,23)/t11-/m0/s1. The van der Waals surface area contributed by atoms with E-state index in [4.69, 9.17) is 4.42 Å². The molecule has 8 heteroatoms. The number of hydrogen-bond acceptors (Lipinski definition) is 6. The Morgan fingerprint density at radius 2 is 2.12 bits per heavy atom. The fourth-order valence-electron chi connectivity index (χ4n) is 2.89. The number of hydrogen-bond donors (Lipinski definition) is 1. The van der Waals surface area contributed by atoms with E-state index in [0.29, 0.717) is 33.4 Å². The molecular weight excluding hydrogens is 354 g/mol. The average Bonchev–Trinajstić information content (AvgIpc) is 3.19. The monoisotopic (exact) mass is 375 g/mol. The van der Waals surface area contributed by atoms with Crippen molar-refractivity contribution in [2.45, 2.75) is 39.7 Å². The van der Waals surface area contributed by atoms with Gasteiger partial charge in [0, 0.05) is 25.9 Å². The van der Waals surface area contributed by atoms with Gasteiger partial charge in [-0.1, -0.05) is 11.3 Å². The molecule has 2 aromatic rings. The fraction of sp³-hybridized carbons (Fsp3) is 0.444. The van der Waals surface area contributed by atoms with E-state index in [1.165, 1.54) is 6.26 Å². The third kappa shape index (κ3) is 3.41. The van der Waals surface area contributed by atoms with E-state index in [-0.39, 0.29) is 30.1 Å². The van der Waals surface area contributed by atoms with Crippen LogP contribution in [0.1, 0.15) is 51.8 Å². The van der Waals surface area contributed by atoms with Gasteiger partial charge >= 0.3 is 0 Å². The van der Waals surface area contributed by atoms with Crippen molar-refractivity contribution in [3.63, 3.8) is 0 Å². The fourth-order valence-corrected chi connectivity index (χ4v) is 3.82. The highest BCUT2D eigenvalue weighted by Crippen LogP contribution is 2.33. The number of nitrogens with one attached hydrogen (secondary N) is 1. The maximum absolute atomic E-state index is 12.5. The molecule has 0 spiro atoms. The lowest BCUT2D eigenvalue weighted by Gasteiger charge is -2.28. The molecule has 1 aliphatic rings. The number of Topliss-reactive ketones (excluding diaryl/α,β-unsaturated/α-hetero) is 1. The number of aromatic nitrogens is 1. The van der Waals surface area contributed by atoms with Crippen LogP contribution < -0.4 is 5.32 Å². The number of amides is 2. The summed E-state index contributed by atoms with van der Waals surface area (Å²) in [7, 11) is 1.74. The summed E-state index contributed by atoms with van der Waals surface area (Å²) < 4.78 is 5.13. The maximum Gasteiger partial charge on any atom is 0.260 e. The molecule has 0 saturated heterocycles. The molecule has 2 heterocycles. The van der Waals surface area contributed by atoms with E-state index >= 15 is 0 Å². The van der Waals surface area contributed by atoms with Crippen molar-refractivity contribution in [3.8, 4) is 0 Å². The normalized spacial score (nSPS) is 16.5. The van der Waals surface area contributed by atoms with Crippen molar-refractivity contribution < 1.29 is 18.8 Å². The van der Waals surface area contributed by atoms with E-state index < -0.39 is 5.92 Å². The second-order valence-corrected chi connectivity index (χ2v) is 7.71. The summed E-state index contributed by atoms with van der Waals surface area (Å²) in [5.41, 5.74) is 1.01. The van der Waals surface area contributed by atoms with Gasteiger partial charge in [0.05, 0.1) is 28.3 Å². The van der Waals surface area contributed by atoms with Crippen LogP contribution in [0, 0.1) is 12.8 Å². The first-order valence-electron chi connectivity index (χ1n) is 8.43. The minimum absolute atomic E-state index is 0.0494. The van der Waals surface area contributed by atoms with Gasteiger partial charge in [0.2, 0.25) is 5.91 Å². The van der Waals surface area contributed by atoms with E-state index in [0.717, 1.165) is 11.3 Å². The number of furan rings is 1. The van der Waals surface area contributed by atoms with Crippen molar-refractivity contribution in [2.75, 3.05) is 12.4 Å². The highest BCUT2D eigenvalue weighted by molar-refractivity contribution is 7.17. The second-order valence-electron chi connectivity index (χ2n) is 6.71. The summed E-state index contributed by atoms with van der Waals surface area (Å²) in [4.78, 5) is 43.8. The Morgan fingerprint density at radius 3 is 2.73 bits per heavy atom. The lowest BCUT2D eigenvalue weighted by Crippen LogP contribution is -2.40. The zero-order valence-electron chi connectivity index (χ0n) is 15.2. The number of carbonyl (C=O) groups is 3. The topological polar surface area (TPSA) is 92.5 Å². The highest BCUT2D eigenvalue weighted by Gasteiger charge is 2.35. The largest absolute Gasteiger partial charge is 0.469 e. The lowest BCUT2D eigenvalue weighted by molar-refractivity contribution is -0.135. The third-order valence-corrected chi connectivity index (χ3v) is 5.67. The van der Waals surface area contributed by atoms with Crippen LogP contribution >= 0.6 is 11.3 Å². The van der Waals surface area contributed by atoms with Gasteiger partial charge in [-0.25, -0.2) is 4.98 Å². The summed E-state index contributed by atoms with van der Waals surface area (Å²) in [5.74, 6) is -0.362. The number of anilines is 1. The van der Waals surface area contributed by atoms with Crippen LogP contribution in [0.25, 0.3) is 0 Å². The summed E-state index contributed by atoms with van der Waals surface area (Å²) in [6, 6.07) is 1.65. The number of aryl methyl sites for hydroxylation is 1. The van der Waals surface area contributed by atoms with Gasteiger partial charge in [-0.15, -0.1) is 0 Å². The Hall–Kier alpha value is -2.48. The lowest BCUT2D eigenvalue weighted by atomic mass is 9.89. The molecule has 0 aliphatic heterocycles. The molecule has 1 aliphatic carbocycles. The van der Waals surface area contributed by atoms with Crippen LogP contribution in [0.4, 0.5) is 5.13 Å². The third-order valence-electron chi connectivity index (χ3n) is 4.62. The Kier molecular flexibility index (Phi) is 4.95. The van der Waals surface area contributed by atoms with Gasteiger partial charge in [-0.2, -0.15) is 0 Å². The number of ketones is 1. The quantitative estimate of drug-likeness (QED) is 0.887. The molecule has 1 atom stereocenters. The summed E-state index contributed by atoms with van der Waals surface area (Å²) >= 11 is 1.16. The van der Waals surface area contributed by atoms with Crippen molar-refractivity contribution >= 4 is 34.1 Å². The van der Waals surface area contributed by atoms with Gasteiger partial charge in [-0.05, 0) is 26.8 Å². The van der Waals surface area contributed by atoms with Crippen molar-refractivity contribution in [1.82, 2.24) is 9.88 Å². The predicted octanol–water partition coefficient (Wildman–Crippen LogP) is 2.91. The first-order valence-corrected chi connectivity index (χ1v) is 9.24. The van der Waals surface area contributed by atoms with E-state index in [2.05, 4.69) is 10.3 Å². The number of nitrogens with zero attached hydrogens (tertiary/aromatic N) is 2. The molecule has 0 bridgehead atoms. The van der Waals surface area contributed by atoms with Gasteiger partial charge in [0.15, 0.2) is 10.9 Å². The SMILES string of the molecule is Cc1occc1C(=O)Nc1nc2c(s1)C(=O)C[C@@H](C(=O)N(C)C(C)C)C2. The molecule has 2 amide bonds. The average molecular weight is 375 g/mol. The van der Waals surface area contributed by atoms with Crippen LogP contribution in [-0.2, 0) is 11.2 Å². The van der Waals surface area contributed by atoms with Crippen LogP contribution in [0.15, 0.2) is 16.7 Å². The van der Waals surface area contributed by atoms with Crippen LogP contribution in [-0.4, -0.2) is 40.6 Å². The molecule has 7 nitrogen and oxygen atoms in total. The highest BCUT2D eigenvalue weighted by atomic mass is 32.1. The number of thiazole rings is 1. The first-order chi connectivity index (χ1) is 12.3. The Bertz CT molecular complexity index is 868. The minimum atomic E-state index is -0.399. The van der Waals surface area contributed by atoms with Crippen molar-refractivity contribution in [2.24, 2.45) is 5.92 Å². The summed E-state index contributed by atoms with van der Waals surface area (Å²) in [6.07, 6.45) is 2.04. The number of carbonyl (C=O) groups excluding carboxylic acids is 3. The zero-order valence-corrected chi connectivity index (χ0v) is 16.0. The number of rotatable bonds is 4. The van der Waals surface area contributed by atoms with Gasteiger partial charge in [-0.3, -0.25) is 19.7 Å². The molecule has 0 fully saturated rings. The Labute approximate surface area is 155 Å². The van der Waals surface area contributed by atoms with Crippen LogP contribution in [0.5, 0.6) is 0 Å². The Morgan fingerprint density at radius 1 is 1.38 bits per heavy atom. The number of fused-ring (bicyclic) bond motifs is 1. The van der Waals surface area contributed by atoms with Crippen LogP contribution in [0.2, 0.25) is 0 Å². The Balaban J connectivity index is 1.77. The molecule has 0 saturated carbocycles. The van der Waals surface area contributed by atoms with Gasteiger partial charge < -0.3 is 9.32 Å². The van der Waals surface area contributed by atoms with E-state index in [1.807, 2.05) is 13.8 Å². The molecule has 3 rings (SSSR count). The summed E-state index contributed by atoms with van der Waals surface area (Å²) in [5, 5.41) is 3.07. The van der Waals surface area contributed by atoms with Crippen LogP contribution in [0.3, 0.4) is 0 Å². The molecule has 0 unspecified atom stereocenters. The molecule has 0 radical (unpaired) electrons. The second kappa shape index (κ2) is 7.03. The zero-order chi connectivity index (χ0) is 19.0. The molecular formula is C18H21N3O4S. The molecule has 26 heavy (non-hydrogen) atoms. The smallest absolute Gasteiger partial charge is 0.260 e. The van der Waals surface area contributed by atoms with E-state index in [1.54, 1.807) is 24.9 Å². The van der Waals surface area contributed by atoms with Gasteiger partial charge in [0.25, 0.3) is 5.91 Å². The minimum Gasteiger partial charge on any atom is -0.469 e. The predicted molar refractivity (Wildman–Crippen MR) is 97.6 cm³/mol. The van der Waals surface area contributed by atoms with Crippen molar-refractivity contribution in [1.29, 1.82) is 0 Å². The molecule has 2 aromatic heterocycles. The molecule has 138 valence electrons. The first kappa shape index (κ1) is 18.3. The van der Waals surface area contributed by atoms with E-state index in [9.17, 15) is 14.4 Å². The molecule has 0 aromatic carbocycles. The van der Waals surface area contributed by atoms with Gasteiger partial charge in [0.1, 0.15) is 5.76 Å². The maximum atomic E-state index is 12.5. The molecule has 1 N–H and O–H groups in total. The van der Waals surface area contributed by atoms with Crippen molar-refractivity contribution in [3.05, 3.63) is 34.2 Å². The summed E-state index contributed by atoms with van der Waals surface area (Å²) in [6.45, 7) is 5.57.